The van der Waals surface area contributed by atoms with Crippen LogP contribution in [0.25, 0.3) is 0 Å². The van der Waals surface area contributed by atoms with Crippen molar-refractivity contribution in [3.63, 3.8) is 0 Å². The molecule has 1 heterocycles. The average molecular weight is 243 g/mol. The second-order valence-corrected chi connectivity index (χ2v) is 4.04. The standard InChI is InChI=1S/C8H11BrN4/c9-7-5-10-8(13-12-7)11-6-3-1-2-4-6/h5-6H,1-4H2,(H,10,11,13). The lowest BCUT2D eigenvalue weighted by Gasteiger charge is -2.09. The lowest BCUT2D eigenvalue weighted by Crippen LogP contribution is -2.16. The first-order valence-electron chi connectivity index (χ1n) is 4.46. The van der Waals surface area contributed by atoms with Crippen molar-refractivity contribution in [1.82, 2.24) is 15.2 Å². The molecule has 2 rings (SSSR count). The zero-order chi connectivity index (χ0) is 9.10. The van der Waals surface area contributed by atoms with Crippen LogP contribution in [0.2, 0.25) is 0 Å². The van der Waals surface area contributed by atoms with Gasteiger partial charge in [-0.05, 0) is 28.8 Å². The molecule has 4 nitrogen and oxygen atoms in total. The molecule has 1 aliphatic rings. The summed E-state index contributed by atoms with van der Waals surface area (Å²) in [5, 5.41) is 11.0. The number of hydrogen-bond donors (Lipinski definition) is 1. The van der Waals surface area contributed by atoms with Gasteiger partial charge in [0.2, 0.25) is 5.95 Å². The Labute approximate surface area is 85.3 Å². The molecule has 0 amide bonds. The molecule has 0 saturated heterocycles. The number of nitrogens with zero attached hydrogens (tertiary/aromatic N) is 3. The summed E-state index contributed by atoms with van der Waals surface area (Å²) in [6, 6.07) is 0.544. The van der Waals surface area contributed by atoms with Gasteiger partial charge in [0, 0.05) is 6.04 Å². The van der Waals surface area contributed by atoms with Gasteiger partial charge in [-0.2, -0.15) is 0 Å². The summed E-state index contributed by atoms with van der Waals surface area (Å²) in [6.07, 6.45) is 6.71. The maximum atomic E-state index is 4.11. The third-order valence-corrected chi connectivity index (χ3v) is 2.59. The van der Waals surface area contributed by atoms with Gasteiger partial charge in [-0.3, -0.25) is 0 Å². The molecule has 1 fully saturated rings. The van der Waals surface area contributed by atoms with Crippen molar-refractivity contribution < 1.29 is 0 Å². The number of aromatic nitrogens is 3. The zero-order valence-electron chi connectivity index (χ0n) is 7.20. The first kappa shape index (κ1) is 8.87. The highest BCUT2D eigenvalue weighted by molar-refractivity contribution is 9.10. The Bertz CT molecular complexity index is 268. The fourth-order valence-electron chi connectivity index (χ4n) is 1.58. The van der Waals surface area contributed by atoms with Crippen LogP contribution in [0, 0.1) is 0 Å². The molecule has 0 bridgehead atoms. The van der Waals surface area contributed by atoms with E-state index in [4.69, 9.17) is 0 Å². The van der Waals surface area contributed by atoms with Crippen molar-refractivity contribution in [2.24, 2.45) is 0 Å². The summed E-state index contributed by atoms with van der Waals surface area (Å²) < 4.78 is 0.671. The second-order valence-electron chi connectivity index (χ2n) is 3.23. The van der Waals surface area contributed by atoms with Crippen LogP contribution >= 0.6 is 15.9 Å². The smallest absolute Gasteiger partial charge is 0.242 e. The largest absolute Gasteiger partial charge is 0.350 e. The summed E-state index contributed by atoms with van der Waals surface area (Å²) >= 11 is 3.19. The Balaban J connectivity index is 1.97. The van der Waals surface area contributed by atoms with Crippen LogP contribution in [0.4, 0.5) is 5.95 Å². The predicted octanol–water partition coefficient (Wildman–Crippen LogP) is 1.99. The van der Waals surface area contributed by atoms with Gasteiger partial charge in [0.05, 0.1) is 6.20 Å². The summed E-state index contributed by atoms with van der Waals surface area (Å²) in [7, 11) is 0. The van der Waals surface area contributed by atoms with Gasteiger partial charge in [0.15, 0.2) is 0 Å². The minimum absolute atomic E-state index is 0.544. The van der Waals surface area contributed by atoms with E-state index < -0.39 is 0 Å². The zero-order valence-corrected chi connectivity index (χ0v) is 8.79. The van der Waals surface area contributed by atoms with Crippen LogP contribution in [0.15, 0.2) is 10.8 Å². The molecule has 1 aliphatic carbocycles. The third kappa shape index (κ3) is 2.37. The van der Waals surface area contributed by atoms with Gasteiger partial charge < -0.3 is 5.32 Å². The molecule has 0 aromatic carbocycles. The van der Waals surface area contributed by atoms with E-state index in [-0.39, 0.29) is 0 Å². The fourth-order valence-corrected chi connectivity index (χ4v) is 1.76. The highest BCUT2D eigenvalue weighted by Gasteiger charge is 2.15. The van der Waals surface area contributed by atoms with E-state index in [0.717, 1.165) is 0 Å². The highest BCUT2D eigenvalue weighted by Crippen LogP contribution is 2.20. The maximum absolute atomic E-state index is 4.11. The Morgan fingerprint density at radius 1 is 1.31 bits per heavy atom. The van der Waals surface area contributed by atoms with Crippen molar-refractivity contribution in [3.05, 3.63) is 10.8 Å². The van der Waals surface area contributed by atoms with E-state index in [1.54, 1.807) is 6.20 Å². The van der Waals surface area contributed by atoms with E-state index in [1.165, 1.54) is 25.7 Å². The van der Waals surface area contributed by atoms with Crippen LogP contribution in [-0.2, 0) is 0 Å². The number of anilines is 1. The molecule has 0 aliphatic heterocycles. The lowest BCUT2D eigenvalue weighted by atomic mass is 10.3. The quantitative estimate of drug-likeness (QED) is 0.862. The molecule has 1 aromatic heterocycles. The van der Waals surface area contributed by atoms with Crippen molar-refractivity contribution in [1.29, 1.82) is 0 Å². The summed E-state index contributed by atoms with van der Waals surface area (Å²) in [5.74, 6) is 0.634. The van der Waals surface area contributed by atoms with Gasteiger partial charge in [-0.15, -0.1) is 10.2 Å². The minimum atomic E-state index is 0.544. The van der Waals surface area contributed by atoms with Crippen molar-refractivity contribution in [3.8, 4) is 0 Å². The first-order valence-corrected chi connectivity index (χ1v) is 5.25. The van der Waals surface area contributed by atoms with Crippen molar-refractivity contribution in [2.45, 2.75) is 31.7 Å². The monoisotopic (exact) mass is 242 g/mol. The van der Waals surface area contributed by atoms with Gasteiger partial charge in [-0.25, -0.2) is 4.98 Å². The Hall–Kier alpha value is -0.710. The molecule has 70 valence electrons. The van der Waals surface area contributed by atoms with Gasteiger partial charge in [-0.1, -0.05) is 12.8 Å². The molecule has 5 heteroatoms. The van der Waals surface area contributed by atoms with Gasteiger partial charge in [0.25, 0.3) is 0 Å². The number of nitrogens with one attached hydrogen (secondary N) is 1. The molecule has 1 aromatic rings. The van der Waals surface area contributed by atoms with Crippen LogP contribution < -0.4 is 5.32 Å². The molecule has 1 N–H and O–H groups in total. The Morgan fingerprint density at radius 2 is 2.08 bits per heavy atom. The van der Waals surface area contributed by atoms with E-state index in [1.807, 2.05) is 0 Å². The van der Waals surface area contributed by atoms with Crippen molar-refractivity contribution >= 4 is 21.9 Å². The van der Waals surface area contributed by atoms with E-state index in [2.05, 4.69) is 36.4 Å². The first-order chi connectivity index (χ1) is 6.34. The SMILES string of the molecule is Brc1cnc(NC2CCCC2)nn1. The van der Waals surface area contributed by atoms with E-state index >= 15 is 0 Å². The molecular formula is C8H11BrN4. The van der Waals surface area contributed by atoms with Crippen LogP contribution in [0.5, 0.6) is 0 Å². The Kier molecular flexibility index (Phi) is 2.73. The molecule has 0 spiro atoms. The van der Waals surface area contributed by atoms with Gasteiger partial charge in [0.1, 0.15) is 4.60 Å². The average Bonchev–Trinajstić information content (AvgIpc) is 2.62. The lowest BCUT2D eigenvalue weighted by molar-refractivity contribution is 0.736. The van der Waals surface area contributed by atoms with Crippen LogP contribution in [0.1, 0.15) is 25.7 Å². The van der Waals surface area contributed by atoms with Crippen molar-refractivity contribution in [2.75, 3.05) is 5.32 Å². The maximum Gasteiger partial charge on any atom is 0.242 e. The second kappa shape index (κ2) is 4.00. The molecule has 0 atom stereocenters. The number of hydrogen-bond acceptors (Lipinski definition) is 4. The molecule has 0 radical (unpaired) electrons. The fraction of sp³-hybridized carbons (Fsp3) is 0.625. The van der Waals surface area contributed by atoms with Gasteiger partial charge >= 0.3 is 0 Å². The molecule has 13 heavy (non-hydrogen) atoms. The number of halogens is 1. The summed E-state index contributed by atoms with van der Waals surface area (Å²) in [5.41, 5.74) is 0. The topological polar surface area (TPSA) is 50.7 Å². The third-order valence-electron chi connectivity index (χ3n) is 2.22. The van der Waals surface area contributed by atoms with E-state index in [9.17, 15) is 0 Å². The molecular weight excluding hydrogens is 232 g/mol. The predicted molar refractivity (Wildman–Crippen MR) is 53.4 cm³/mol. The van der Waals surface area contributed by atoms with E-state index in [0.29, 0.717) is 16.6 Å². The minimum Gasteiger partial charge on any atom is -0.350 e. The highest BCUT2D eigenvalue weighted by atomic mass is 79.9. The Morgan fingerprint density at radius 3 is 2.69 bits per heavy atom. The van der Waals surface area contributed by atoms with Crippen LogP contribution in [0.3, 0.4) is 0 Å². The normalized spacial score (nSPS) is 17.6. The number of rotatable bonds is 2. The summed E-state index contributed by atoms with van der Waals surface area (Å²) in [4.78, 5) is 4.11. The summed E-state index contributed by atoms with van der Waals surface area (Å²) in [6.45, 7) is 0. The molecule has 0 unspecified atom stereocenters. The van der Waals surface area contributed by atoms with Crippen LogP contribution in [-0.4, -0.2) is 21.2 Å². The molecule has 1 saturated carbocycles.